The third-order valence-electron chi connectivity index (χ3n) is 1.28. The molecule has 0 aliphatic carbocycles. The standard InChI is InChI=1S/C7H8N2O3/c1-12-7(11)2-5-3-9-6(10)4-8-5/h3-4H,2H2,1H3,(H,9,10). The summed E-state index contributed by atoms with van der Waals surface area (Å²) in [5.74, 6) is -0.380. The zero-order chi connectivity index (χ0) is 8.97. The van der Waals surface area contributed by atoms with E-state index in [4.69, 9.17) is 0 Å². The van der Waals surface area contributed by atoms with E-state index in [2.05, 4.69) is 14.7 Å². The summed E-state index contributed by atoms with van der Waals surface area (Å²) in [6.45, 7) is 0. The largest absolute Gasteiger partial charge is 0.469 e. The molecule has 0 atom stereocenters. The van der Waals surface area contributed by atoms with Gasteiger partial charge in [0.25, 0.3) is 5.56 Å². The van der Waals surface area contributed by atoms with E-state index in [0.29, 0.717) is 5.69 Å². The third kappa shape index (κ3) is 2.19. The SMILES string of the molecule is COC(=O)Cc1c[nH]c(=O)cn1. The first kappa shape index (κ1) is 8.45. The first-order chi connectivity index (χ1) is 5.72. The summed E-state index contributed by atoms with van der Waals surface area (Å²) in [6, 6.07) is 0. The van der Waals surface area contributed by atoms with Gasteiger partial charge in [-0.1, -0.05) is 0 Å². The van der Waals surface area contributed by atoms with E-state index in [1.54, 1.807) is 0 Å². The van der Waals surface area contributed by atoms with Gasteiger partial charge in [0.05, 0.1) is 25.4 Å². The molecular weight excluding hydrogens is 160 g/mol. The molecule has 12 heavy (non-hydrogen) atoms. The molecule has 0 bridgehead atoms. The van der Waals surface area contributed by atoms with Crippen LogP contribution in [0.15, 0.2) is 17.2 Å². The second-order valence-electron chi connectivity index (χ2n) is 2.16. The molecule has 0 spiro atoms. The van der Waals surface area contributed by atoms with Crippen molar-refractivity contribution in [3.63, 3.8) is 0 Å². The monoisotopic (exact) mass is 168 g/mol. The summed E-state index contributed by atoms with van der Waals surface area (Å²) < 4.78 is 4.41. The number of nitrogens with zero attached hydrogens (tertiary/aromatic N) is 1. The number of aromatic amines is 1. The van der Waals surface area contributed by atoms with Crippen molar-refractivity contribution in [1.82, 2.24) is 9.97 Å². The van der Waals surface area contributed by atoms with Crippen molar-refractivity contribution >= 4 is 5.97 Å². The van der Waals surface area contributed by atoms with Gasteiger partial charge in [0.2, 0.25) is 0 Å². The molecule has 0 aliphatic heterocycles. The topological polar surface area (TPSA) is 72.1 Å². The first-order valence-electron chi connectivity index (χ1n) is 3.33. The number of methoxy groups -OCH3 is 1. The first-order valence-corrected chi connectivity index (χ1v) is 3.33. The van der Waals surface area contributed by atoms with Gasteiger partial charge in [0.15, 0.2) is 0 Å². The van der Waals surface area contributed by atoms with Crippen LogP contribution in [0.1, 0.15) is 5.69 Å². The Morgan fingerprint density at radius 3 is 3.00 bits per heavy atom. The number of carbonyl (C=O) groups excluding carboxylic acids is 1. The molecule has 0 radical (unpaired) electrons. The van der Waals surface area contributed by atoms with Crippen LogP contribution in [0.25, 0.3) is 0 Å². The van der Waals surface area contributed by atoms with E-state index in [9.17, 15) is 9.59 Å². The van der Waals surface area contributed by atoms with Crippen LogP contribution in [0.3, 0.4) is 0 Å². The number of nitrogens with one attached hydrogen (secondary N) is 1. The van der Waals surface area contributed by atoms with Crippen molar-refractivity contribution in [3.05, 3.63) is 28.4 Å². The van der Waals surface area contributed by atoms with Gasteiger partial charge in [-0.2, -0.15) is 0 Å². The van der Waals surface area contributed by atoms with Crippen molar-refractivity contribution < 1.29 is 9.53 Å². The molecule has 1 aromatic heterocycles. The number of esters is 1. The molecule has 1 rings (SSSR count). The molecule has 0 aromatic carbocycles. The number of rotatable bonds is 2. The van der Waals surface area contributed by atoms with Crippen LogP contribution < -0.4 is 5.56 Å². The predicted molar refractivity (Wildman–Crippen MR) is 40.6 cm³/mol. The number of ether oxygens (including phenoxy) is 1. The van der Waals surface area contributed by atoms with Crippen molar-refractivity contribution in [2.45, 2.75) is 6.42 Å². The lowest BCUT2D eigenvalue weighted by Gasteiger charge is -1.96. The van der Waals surface area contributed by atoms with Gasteiger partial charge in [-0.25, -0.2) is 0 Å². The van der Waals surface area contributed by atoms with Gasteiger partial charge in [0, 0.05) is 6.20 Å². The maximum absolute atomic E-state index is 10.7. The van der Waals surface area contributed by atoms with Crippen molar-refractivity contribution in [3.8, 4) is 0 Å². The van der Waals surface area contributed by atoms with Crippen LogP contribution >= 0.6 is 0 Å². The van der Waals surface area contributed by atoms with Gasteiger partial charge in [-0.05, 0) is 0 Å². The Hall–Kier alpha value is -1.65. The fourth-order valence-corrected chi connectivity index (χ4v) is 0.687. The predicted octanol–water partition coefficient (Wildman–Crippen LogP) is -0.515. The average Bonchev–Trinajstić information content (AvgIpc) is 2.09. The summed E-state index contributed by atoms with van der Waals surface area (Å²) >= 11 is 0. The maximum atomic E-state index is 10.7. The molecule has 1 heterocycles. The van der Waals surface area contributed by atoms with Gasteiger partial charge >= 0.3 is 5.97 Å². The lowest BCUT2D eigenvalue weighted by atomic mass is 10.3. The highest BCUT2D eigenvalue weighted by Gasteiger charge is 2.02. The number of aromatic nitrogens is 2. The van der Waals surface area contributed by atoms with E-state index >= 15 is 0 Å². The van der Waals surface area contributed by atoms with Crippen molar-refractivity contribution in [1.29, 1.82) is 0 Å². The Balaban J connectivity index is 2.71. The molecular formula is C7H8N2O3. The minimum atomic E-state index is -0.380. The van der Waals surface area contributed by atoms with Gasteiger partial charge in [-0.15, -0.1) is 0 Å². The van der Waals surface area contributed by atoms with Gasteiger partial charge < -0.3 is 9.72 Å². The minimum absolute atomic E-state index is 0.0767. The Labute approximate surface area is 68.4 Å². The van der Waals surface area contributed by atoms with Crippen molar-refractivity contribution in [2.75, 3.05) is 7.11 Å². The summed E-state index contributed by atoms with van der Waals surface area (Å²) in [5, 5.41) is 0. The fourth-order valence-electron chi connectivity index (χ4n) is 0.687. The highest BCUT2D eigenvalue weighted by atomic mass is 16.5. The van der Waals surface area contributed by atoms with Crippen LogP contribution in [0.2, 0.25) is 0 Å². The van der Waals surface area contributed by atoms with E-state index in [-0.39, 0.29) is 17.9 Å². The zero-order valence-electron chi connectivity index (χ0n) is 6.53. The van der Waals surface area contributed by atoms with Crippen LogP contribution in [0.5, 0.6) is 0 Å². The van der Waals surface area contributed by atoms with E-state index in [1.807, 2.05) is 0 Å². The van der Waals surface area contributed by atoms with Crippen LogP contribution in [0, 0.1) is 0 Å². The second-order valence-corrected chi connectivity index (χ2v) is 2.16. The smallest absolute Gasteiger partial charge is 0.311 e. The molecule has 1 aromatic rings. The van der Waals surface area contributed by atoms with Crippen LogP contribution in [-0.4, -0.2) is 23.0 Å². The lowest BCUT2D eigenvalue weighted by Crippen LogP contribution is -2.10. The molecule has 0 aliphatic rings. The zero-order valence-corrected chi connectivity index (χ0v) is 6.53. The lowest BCUT2D eigenvalue weighted by molar-refractivity contribution is -0.139. The van der Waals surface area contributed by atoms with Crippen LogP contribution in [-0.2, 0) is 16.0 Å². The normalized spacial score (nSPS) is 9.42. The molecule has 0 saturated heterocycles. The summed E-state index contributed by atoms with van der Waals surface area (Å²) in [5.41, 5.74) is 0.199. The number of carbonyl (C=O) groups is 1. The Morgan fingerprint density at radius 2 is 2.50 bits per heavy atom. The molecule has 0 amide bonds. The highest BCUT2D eigenvalue weighted by Crippen LogP contribution is 1.90. The van der Waals surface area contributed by atoms with Gasteiger partial charge in [0.1, 0.15) is 0 Å². The molecule has 64 valence electrons. The maximum Gasteiger partial charge on any atom is 0.311 e. The minimum Gasteiger partial charge on any atom is -0.469 e. The molecule has 0 saturated carbocycles. The van der Waals surface area contributed by atoms with E-state index in [0.717, 1.165) is 6.20 Å². The van der Waals surface area contributed by atoms with Crippen molar-refractivity contribution in [2.24, 2.45) is 0 Å². The number of H-pyrrole nitrogens is 1. The molecule has 0 unspecified atom stereocenters. The second kappa shape index (κ2) is 3.66. The quantitative estimate of drug-likeness (QED) is 0.603. The summed E-state index contributed by atoms with van der Waals surface area (Å²) in [7, 11) is 1.30. The Morgan fingerprint density at radius 1 is 1.75 bits per heavy atom. The third-order valence-corrected chi connectivity index (χ3v) is 1.28. The average molecular weight is 168 g/mol. The molecule has 0 fully saturated rings. The molecule has 5 heteroatoms. The van der Waals surface area contributed by atoms with Gasteiger partial charge in [-0.3, -0.25) is 14.6 Å². The summed E-state index contributed by atoms with van der Waals surface area (Å²) in [6.07, 6.45) is 2.59. The fraction of sp³-hybridized carbons (Fsp3) is 0.286. The van der Waals surface area contributed by atoms with E-state index < -0.39 is 0 Å². The summed E-state index contributed by atoms with van der Waals surface area (Å²) in [4.78, 5) is 27.4. The van der Waals surface area contributed by atoms with E-state index in [1.165, 1.54) is 13.3 Å². The Bertz CT molecular complexity index is 311. The Kier molecular flexibility index (Phi) is 2.57. The van der Waals surface area contributed by atoms with Crippen LogP contribution in [0.4, 0.5) is 0 Å². The number of hydrogen-bond donors (Lipinski definition) is 1. The molecule has 5 nitrogen and oxygen atoms in total. The number of hydrogen-bond acceptors (Lipinski definition) is 4. The molecule has 1 N–H and O–H groups in total. The highest BCUT2D eigenvalue weighted by molar-refractivity contribution is 5.71.